The predicted octanol–water partition coefficient (Wildman–Crippen LogP) is 4.60. The number of piperazine rings is 1. The monoisotopic (exact) mass is 475 g/mol. The van der Waals surface area contributed by atoms with Gasteiger partial charge in [0.1, 0.15) is 16.4 Å². The van der Waals surface area contributed by atoms with Crippen molar-refractivity contribution in [1.82, 2.24) is 5.32 Å². The Balaban J connectivity index is 1.64. The standard InChI is InChI=1S/C23H26ClN3O4S/c1-15-13-27(14-16(2)25-15)18-7-8-22(30-3)20(12-18)26-32(28,29)23-9-6-17(11-19(23)24)21-5-4-10-31-21/h4-12,15-16,25-26H,13-14H2,1-3H3/t15-,16+. The molecule has 1 aliphatic rings. The number of ether oxygens (including phenoxy) is 1. The van der Waals surface area contributed by atoms with Crippen molar-refractivity contribution in [3.8, 4) is 17.1 Å². The van der Waals surface area contributed by atoms with Crippen LogP contribution in [0, 0.1) is 0 Å². The first-order valence-electron chi connectivity index (χ1n) is 10.3. The number of rotatable bonds is 6. The summed E-state index contributed by atoms with van der Waals surface area (Å²) in [6.07, 6.45) is 1.55. The molecule has 1 fully saturated rings. The van der Waals surface area contributed by atoms with Gasteiger partial charge in [-0.05, 0) is 62.4 Å². The van der Waals surface area contributed by atoms with Crippen LogP contribution in [-0.2, 0) is 10.0 Å². The number of nitrogens with one attached hydrogen (secondary N) is 2. The lowest BCUT2D eigenvalue weighted by atomic mass is 10.1. The highest BCUT2D eigenvalue weighted by atomic mass is 35.5. The van der Waals surface area contributed by atoms with Crippen molar-refractivity contribution in [2.75, 3.05) is 29.8 Å². The molecule has 0 aliphatic carbocycles. The molecule has 0 amide bonds. The van der Waals surface area contributed by atoms with Crippen LogP contribution in [0.5, 0.6) is 5.75 Å². The van der Waals surface area contributed by atoms with E-state index in [0.29, 0.717) is 34.8 Å². The van der Waals surface area contributed by atoms with Gasteiger partial charge in [0.25, 0.3) is 10.0 Å². The van der Waals surface area contributed by atoms with Crippen molar-refractivity contribution >= 4 is 33.0 Å². The van der Waals surface area contributed by atoms with Crippen LogP contribution in [-0.4, -0.2) is 40.7 Å². The minimum absolute atomic E-state index is 0.0219. The topological polar surface area (TPSA) is 83.8 Å². The number of halogens is 1. The highest BCUT2D eigenvalue weighted by Crippen LogP contribution is 2.34. The van der Waals surface area contributed by atoms with Gasteiger partial charge >= 0.3 is 0 Å². The molecule has 2 heterocycles. The van der Waals surface area contributed by atoms with Crippen LogP contribution in [0.2, 0.25) is 5.02 Å². The Labute approximate surface area is 193 Å². The van der Waals surface area contributed by atoms with Crippen LogP contribution < -0.4 is 19.7 Å². The normalized spacial score (nSPS) is 19.1. The molecule has 2 atom stereocenters. The van der Waals surface area contributed by atoms with E-state index >= 15 is 0 Å². The van der Waals surface area contributed by atoms with Crippen molar-refractivity contribution in [3.05, 3.63) is 59.8 Å². The Morgan fingerprint density at radius 1 is 1.12 bits per heavy atom. The molecule has 7 nitrogen and oxygen atoms in total. The van der Waals surface area contributed by atoms with Gasteiger partial charge < -0.3 is 19.4 Å². The van der Waals surface area contributed by atoms with Gasteiger partial charge in [-0.2, -0.15) is 0 Å². The van der Waals surface area contributed by atoms with Gasteiger partial charge in [-0.1, -0.05) is 11.6 Å². The van der Waals surface area contributed by atoms with Crippen molar-refractivity contribution in [2.45, 2.75) is 30.8 Å². The average molecular weight is 476 g/mol. The maximum absolute atomic E-state index is 13.2. The first-order valence-corrected chi connectivity index (χ1v) is 12.2. The largest absolute Gasteiger partial charge is 0.495 e. The number of sulfonamides is 1. The molecule has 32 heavy (non-hydrogen) atoms. The summed E-state index contributed by atoms with van der Waals surface area (Å²) in [7, 11) is -2.45. The second kappa shape index (κ2) is 9.05. The zero-order chi connectivity index (χ0) is 22.9. The zero-order valence-electron chi connectivity index (χ0n) is 18.1. The van der Waals surface area contributed by atoms with Crippen LogP contribution in [0.25, 0.3) is 11.3 Å². The van der Waals surface area contributed by atoms with Gasteiger partial charge in [0.15, 0.2) is 0 Å². The lowest BCUT2D eigenvalue weighted by Crippen LogP contribution is -2.54. The van der Waals surface area contributed by atoms with E-state index in [9.17, 15) is 8.42 Å². The number of hydrogen-bond acceptors (Lipinski definition) is 6. The molecule has 2 N–H and O–H groups in total. The van der Waals surface area contributed by atoms with Crippen molar-refractivity contribution in [2.24, 2.45) is 0 Å². The van der Waals surface area contributed by atoms with Gasteiger partial charge in [0.05, 0.1) is 24.1 Å². The van der Waals surface area contributed by atoms with Crippen molar-refractivity contribution in [3.63, 3.8) is 0 Å². The first-order chi connectivity index (χ1) is 15.3. The molecular formula is C23H26ClN3O4S. The van der Waals surface area contributed by atoms with E-state index in [-0.39, 0.29) is 9.92 Å². The Morgan fingerprint density at radius 2 is 1.88 bits per heavy atom. The van der Waals surface area contributed by atoms with E-state index in [2.05, 4.69) is 28.8 Å². The minimum atomic E-state index is -3.95. The number of methoxy groups -OCH3 is 1. The van der Waals surface area contributed by atoms with Crippen LogP contribution in [0.15, 0.2) is 64.1 Å². The number of nitrogens with zero attached hydrogens (tertiary/aromatic N) is 1. The Hall–Kier alpha value is -2.68. The van der Waals surface area contributed by atoms with Gasteiger partial charge in [-0.25, -0.2) is 8.42 Å². The van der Waals surface area contributed by atoms with E-state index in [1.165, 1.54) is 13.2 Å². The second-order valence-corrected chi connectivity index (χ2v) is 10.0. The van der Waals surface area contributed by atoms with Gasteiger partial charge in [0, 0.05) is 36.4 Å². The van der Waals surface area contributed by atoms with Gasteiger partial charge in [0.2, 0.25) is 0 Å². The lowest BCUT2D eigenvalue weighted by Gasteiger charge is -2.38. The van der Waals surface area contributed by atoms with Crippen LogP contribution >= 0.6 is 11.6 Å². The summed E-state index contributed by atoms with van der Waals surface area (Å²) in [6, 6.07) is 14.4. The fourth-order valence-corrected chi connectivity index (χ4v) is 5.63. The van der Waals surface area contributed by atoms with E-state index in [0.717, 1.165) is 18.8 Å². The van der Waals surface area contributed by atoms with Crippen LogP contribution in [0.3, 0.4) is 0 Å². The van der Waals surface area contributed by atoms with E-state index in [4.69, 9.17) is 20.8 Å². The predicted molar refractivity (Wildman–Crippen MR) is 127 cm³/mol. The van der Waals surface area contributed by atoms with E-state index in [1.54, 1.807) is 42.7 Å². The third kappa shape index (κ3) is 4.72. The highest BCUT2D eigenvalue weighted by Gasteiger charge is 2.24. The maximum atomic E-state index is 13.2. The summed E-state index contributed by atoms with van der Waals surface area (Å²) < 4.78 is 39.8. The summed E-state index contributed by atoms with van der Waals surface area (Å²) in [5.74, 6) is 1.04. The fourth-order valence-electron chi connectivity index (χ4n) is 4.02. The maximum Gasteiger partial charge on any atom is 0.263 e. The molecule has 1 saturated heterocycles. The molecule has 1 aromatic heterocycles. The molecule has 0 radical (unpaired) electrons. The van der Waals surface area contributed by atoms with Gasteiger partial charge in [-0.15, -0.1) is 0 Å². The third-order valence-corrected chi connectivity index (χ3v) is 7.23. The molecule has 2 aromatic carbocycles. The molecule has 4 rings (SSSR count). The molecule has 170 valence electrons. The smallest absolute Gasteiger partial charge is 0.263 e. The summed E-state index contributed by atoms with van der Waals surface area (Å²) in [4.78, 5) is 2.21. The van der Waals surface area contributed by atoms with Crippen molar-refractivity contribution < 1.29 is 17.6 Å². The SMILES string of the molecule is COc1ccc(N2C[C@@H](C)N[C@@H](C)C2)cc1NS(=O)(=O)c1ccc(-c2ccco2)cc1Cl. The lowest BCUT2D eigenvalue weighted by molar-refractivity contribution is 0.406. The van der Waals surface area contributed by atoms with E-state index in [1.807, 2.05) is 6.07 Å². The average Bonchev–Trinajstić information content (AvgIpc) is 3.27. The van der Waals surface area contributed by atoms with Crippen molar-refractivity contribution in [1.29, 1.82) is 0 Å². The van der Waals surface area contributed by atoms with Crippen LogP contribution in [0.1, 0.15) is 13.8 Å². The third-order valence-electron chi connectivity index (χ3n) is 5.38. The number of benzene rings is 2. The molecule has 0 spiro atoms. The number of furan rings is 1. The summed E-state index contributed by atoms with van der Waals surface area (Å²) in [5, 5.41) is 3.60. The van der Waals surface area contributed by atoms with E-state index < -0.39 is 10.0 Å². The minimum Gasteiger partial charge on any atom is -0.495 e. The fraction of sp³-hybridized carbons (Fsp3) is 0.304. The first kappa shape index (κ1) is 22.5. The Kier molecular flexibility index (Phi) is 6.37. The Morgan fingerprint density at radius 3 is 2.50 bits per heavy atom. The number of anilines is 2. The molecule has 9 heteroatoms. The molecule has 1 aliphatic heterocycles. The molecule has 0 bridgehead atoms. The van der Waals surface area contributed by atoms with Gasteiger partial charge in [-0.3, -0.25) is 4.72 Å². The summed E-state index contributed by atoms with van der Waals surface area (Å²) in [6.45, 7) is 5.90. The molecule has 0 unspecified atom stereocenters. The zero-order valence-corrected chi connectivity index (χ0v) is 19.7. The summed E-state index contributed by atoms with van der Waals surface area (Å²) >= 11 is 6.35. The molecular weight excluding hydrogens is 450 g/mol. The molecule has 0 saturated carbocycles. The highest BCUT2D eigenvalue weighted by molar-refractivity contribution is 7.92. The Bertz CT molecular complexity index is 1190. The quantitative estimate of drug-likeness (QED) is 0.542. The van der Waals surface area contributed by atoms with Crippen LogP contribution in [0.4, 0.5) is 11.4 Å². The second-order valence-electron chi connectivity index (χ2n) is 7.99. The summed E-state index contributed by atoms with van der Waals surface area (Å²) in [5.41, 5.74) is 1.97. The number of hydrogen-bond donors (Lipinski definition) is 2. The molecule has 3 aromatic rings.